The molecule has 0 saturated heterocycles. The maximum atomic E-state index is 12.7. The van der Waals surface area contributed by atoms with Gasteiger partial charge in [-0.05, 0) is 43.2 Å². The number of ether oxygens (including phenoxy) is 2. The second kappa shape index (κ2) is 9.82. The van der Waals surface area contributed by atoms with Gasteiger partial charge < -0.3 is 14.8 Å². The van der Waals surface area contributed by atoms with E-state index in [1.807, 2.05) is 35.7 Å². The predicted molar refractivity (Wildman–Crippen MR) is 132 cm³/mol. The van der Waals surface area contributed by atoms with E-state index in [-0.39, 0.29) is 11.7 Å². The first-order valence-corrected chi connectivity index (χ1v) is 12.5. The summed E-state index contributed by atoms with van der Waals surface area (Å²) in [4.78, 5) is 21.3. The average molecular weight is 495 g/mol. The van der Waals surface area contributed by atoms with Crippen LogP contribution in [0.15, 0.2) is 53.3 Å². The van der Waals surface area contributed by atoms with Gasteiger partial charge in [0.2, 0.25) is 5.91 Å². The van der Waals surface area contributed by atoms with Crippen LogP contribution >= 0.6 is 23.1 Å². The molecule has 1 aliphatic rings. The second-order valence-corrected chi connectivity index (χ2v) is 9.38. The molecule has 0 spiro atoms. The number of hydrogen-bond acceptors (Lipinski definition) is 9. The number of nitrogens with one attached hydrogen (secondary N) is 1. The van der Waals surface area contributed by atoms with Gasteiger partial charge in [0, 0.05) is 34.9 Å². The third-order valence-electron chi connectivity index (χ3n) is 5.28. The average Bonchev–Trinajstić information content (AvgIpc) is 3.45. The number of pyridine rings is 1. The molecule has 5 rings (SSSR count). The van der Waals surface area contributed by atoms with Crippen LogP contribution in [-0.4, -0.2) is 50.6 Å². The van der Waals surface area contributed by atoms with Crippen LogP contribution in [0.1, 0.15) is 18.9 Å². The lowest BCUT2D eigenvalue weighted by atomic mass is 10.1. The van der Waals surface area contributed by atoms with Gasteiger partial charge in [0.25, 0.3) is 0 Å². The highest BCUT2D eigenvalue weighted by Gasteiger charge is 2.30. The quantitative estimate of drug-likeness (QED) is 0.338. The Morgan fingerprint density at radius 3 is 2.74 bits per heavy atom. The Kier molecular flexibility index (Phi) is 6.45. The minimum atomic E-state index is -0.153. The molecular weight excluding hydrogens is 472 g/mol. The molecule has 3 heterocycles. The number of nitrogens with zero attached hydrogens (tertiary/aromatic N) is 5. The van der Waals surface area contributed by atoms with E-state index in [0.717, 1.165) is 34.9 Å². The van der Waals surface area contributed by atoms with E-state index in [0.29, 0.717) is 28.4 Å². The number of amides is 1. The molecule has 174 valence electrons. The Hall–Kier alpha value is -3.44. The van der Waals surface area contributed by atoms with E-state index in [1.165, 1.54) is 23.1 Å². The van der Waals surface area contributed by atoms with Crippen molar-refractivity contribution < 1.29 is 14.3 Å². The van der Waals surface area contributed by atoms with Crippen LogP contribution < -0.4 is 14.8 Å². The maximum Gasteiger partial charge on any atom is 0.236 e. The van der Waals surface area contributed by atoms with E-state index in [1.54, 1.807) is 26.6 Å². The minimum Gasteiger partial charge on any atom is -0.497 e. The molecule has 0 aliphatic heterocycles. The molecule has 3 aromatic heterocycles. The SMILES string of the molecule is COc1ccc(OC)c(-c2csc(NC(=O)CSc3nnc(-c4ccncc4)n3C3CC3)n2)c1. The van der Waals surface area contributed by atoms with Crippen molar-refractivity contribution in [3.8, 4) is 34.1 Å². The summed E-state index contributed by atoms with van der Waals surface area (Å²) in [6.45, 7) is 0. The molecule has 1 fully saturated rings. The fourth-order valence-electron chi connectivity index (χ4n) is 3.49. The molecule has 34 heavy (non-hydrogen) atoms. The number of rotatable bonds is 9. The van der Waals surface area contributed by atoms with Gasteiger partial charge in [0.15, 0.2) is 16.1 Å². The number of anilines is 1. The van der Waals surface area contributed by atoms with E-state index in [2.05, 4.69) is 30.0 Å². The van der Waals surface area contributed by atoms with E-state index in [9.17, 15) is 4.79 Å². The number of benzene rings is 1. The molecule has 0 radical (unpaired) electrons. The fraction of sp³-hybridized carbons (Fsp3) is 0.261. The van der Waals surface area contributed by atoms with Crippen LogP contribution in [0.2, 0.25) is 0 Å². The Balaban J connectivity index is 1.26. The third-order valence-corrected chi connectivity index (χ3v) is 6.98. The smallest absolute Gasteiger partial charge is 0.236 e. The summed E-state index contributed by atoms with van der Waals surface area (Å²) in [5.74, 6) is 2.25. The molecule has 0 atom stereocenters. The van der Waals surface area contributed by atoms with Crippen molar-refractivity contribution in [1.29, 1.82) is 0 Å². The Morgan fingerprint density at radius 2 is 2.00 bits per heavy atom. The summed E-state index contributed by atoms with van der Waals surface area (Å²) in [6.07, 6.45) is 5.66. The first kappa shape index (κ1) is 22.4. The second-order valence-electron chi connectivity index (χ2n) is 7.58. The van der Waals surface area contributed by atoms with Crippen LogP contribution in [0, 0.1) is 0 Å². The molecule has 0 bridgehead atoms. The van der Waals surface area contributed by atoms with Gasteiger partial charge >= 0.3 is 0 Å². The molecule has 1 aromatic carbocycles. The summed E-state index contributed by atoms with van der Waals surface area (Å²) in [6, 6.07) is 9.74. The zero-order chi connectivity index (χ0) is 23.5. The number of carbonyl (C=O) groups is 1. The van der Waals surface area contributed by atoms with Crippen LogP contribution in [0.4, 0.5) is 5.13 Å². The summed E-state index contributed by atoms with van der Waals surface area (Å²) < 4.78 is 12.9. The van der Waals surface area contributed by atoms with Crippen LogP contribution in [-0.2, 0) is 4.79 Å². The highest BCUT2D eigenvalue weighted by atomic mass is 32.2. The molecule has 1 N–H and O–H groups in total. The highest BCUT2D eigenvalue weighted by molar-refractivity contribution is 7.99. The summed E-state index contributed by atoms with van der Waals surface area (Å²) in [7, 11) is 3.22. The third kappa shape index (κ3) is 4.75. The normalized spacial score (nSPS) is 13.0. The molecule has 9 nitrogen and oxygen atoms in total. The number of methoxy groups -OCH3 is 2. The van der Waals surface area contributed by atoms with Crippen LogP contribution in [0.25, 0.3) is 22.6 Å². The van der Waals surface area contributed by atoms with Gasteiger partial charge in [-0.15, -0.1) is 21.5 Å². The lowest BCUT2D eigenvalue weighted by Gasteiger charge is -2.09. The van der Waals surface area contributed by atoms with Crippen molar-refractivity contribution >= 4 is 34.1 Å². The number of aromatic nitrogens is 5. The Morgan fingerprint density at radius 1 is 1.18 bits per heavy atom. The topological polar surface area (TPSA) is 104 Å². The number of thiazole rings is 1. The van der Waals surface area contributed by atoms with E-state index >= 15 is 0 Å². The van der Waals surface area contributed by atoms with Crippen molar-refractivity contribution in [3.63, 3.8) is 0 Å². The lowest BCUT2D eigenvalue weighted by Crippen LogP contribution is -2.14. The van der Waals surface area contributed by atoms with E-state index < -0.39 is 0 Å². The molecule has 1 amide bonds. The molecule has 1 saturated carbocycles. The van der Waals surface area contributed by atoms with Gasteiger partial charge in [-0.2, -0.15) is 0 Å². The predicted octanol–water partition coefficient (Wildman–Crippen LogP) is 4.55. The van der Waals surface area contributed by atoms with Gasteiger partial charge in [0.1, 0.15) is 11.5 Å². The number of thioether (sulfide) groups is 1. The molecule has 11 heteroatoms. The minimum absolute atomic E-state index is 0.153. The standard InChI is InChI=1S/C23H22N6O3S2/c1-31-16-5-6-19(32-2)17(11-16)18-12-33-22(25-18)26-20(30)13-34-23-28-27-21(29(23)15-3-4-15)14-7-9-24-10-8-14/h5-12,15H,3-4,13H2,1-2H3,(H,25,26,30). The van der Waals surface area contributed by atoms with Crippen molar-refractivity contribution in [2.75, 3.05) is 25.3 Å². The Labute approximate surface area is 204 Å². The zero-order valence-corrected chi connectivity index (χ0v) is 20.2. The number of carbonyl (C=O) groups excluding carboxylic acids is 1. The van der Waals surface area contributed by atoms with Crippen molar-refractivity contribution in [2.45, 2.75) is 24.0 Å². The monoisotopic (exact) mass is 494 g/mol. The fourth-order valence-corrected chi connectivity index (χ4v) is 5.02. The summed E-state index contributed by atoms with van der Waals surface area (Å²) in [5.41, 5.74) is 2.47. The van der Waals surface area contributed by atoms with Crippen molar-refractivity contribution in [2.24, 2.45) is 0 Å². The highest BCUT2D eigenvalue weighted by Crippen LogP contribution is 2.41. The van der Waals surface area contributed by atoms with Gasteiger partial charge in [-0.25, -0.2) is 4.98 Å². The summed E-state index contributed by atoms with van der Waals surface area (Å²) in [5, 5.41) is 14.7. The number of hydrogen-bond donors (Lipinski definition) is 1. The molecule has 4 aromatic rings. The van der Waals surface area contributed by atoms with Gasteiger partial charge in [-0.3, -0.25) is 14.3 Å². The first-order valence-electron chi connectivity index (χ1n) is 10.6. The molecule has 0 unspecified atom stereocenters. The Bertz CT molecular complexity index is 1300. The molecule has 1 aliphatic carbocycles. The first-order chi connectivity index (χ1) is 16.7. The van der Waals surface area contributed by atoms with Crippen molar-refractivity contribution in [1.82, 2.24) is 24.7 Å². The van der Waals surface area contributed by atoms with Gasteiger partial charge in [0.05, 0.1) is 25.7 Å². The van der Waals surface area contributed by atoms with Gasteiger partial charge in [-0.1, -0.05) is 11.8 Å². The van der Waals surface area contributed by atoms with Crippen LogP contribution in [0.3, 0.4) is 0 Å². The maximum absolute atomic E-state index is 12.7. The summed E-state index contributed by atoms with van der Waals surface area (Å²) >= 11 is 2.73. The van der Waals surface area contributed by atoms with Crippen LogP contribution in [0.5, 0.6) is 11.5 Å². The largest absolute Gasteiger partial charge is 0.497 e. The van der Waals surface area contributed by atoms with E-state index in [4.69, 9.17) is 9.47 Å². The van der Waals surface area contributed by atoms with Crippen molar-refractivity contribution in [3.05, 3.63) is 48.1 Å². The zero-order valence-electron chi connectivity index (χ0n) is 18.6. The lowest BCUT2D eigenvalue weighted by molar-refractivity contribution is -0.113. The molecular formula is C23H22N6O3S2.